The molecule has 4 aliphatic rings. The molecule has 0 radical (unpaired) electrons. The minimum atomic E-state index is -1.67. The van der Waals surface area contributed by atoms with Crippen LogP contribution in [0.5, 0.6) is 0 Å². The van der Waals surface area contributed by atoms with Crippen molar-refractivity contribution in [2.24, 2.45) is 11.8 Å². The molecule has 18 heavy (non-hydrogen) atoms. The zero-order valence-corrected chi connectivity index (χ0v) is 16.3. The summed E-state index contributed by atoms with van der Waals surface area (Å²) >= 11 is -1.67. The van der Waals surface area contributed by atoms with E-state index in [0.717, 1.165) is 12.8 Å². The number of hydrogen-bond donors (Lipinski definition) is 0. The molecule has 2 nitrogen and oxygen atoms in total. The first kappa shape index (κ1) is 11.7. The number of halogens is 1. The summed E-state index contributed by atoms with van der Waals surface area (Å²) in [5.74, 6) is 0.813. The van der Waals surface area contributed by atoms with Gasteiger partial charge in [-0.1, -0.05) is 0 Å². The molecule has 0 spiro atoms. The number of hydrogen-bond acceptors (Lipinski definition) is 2. The van der Waals surface area contributed by atoms with Gasteiger partial charge in [0.2, 0.25) is 0 Å². The van der Waals surface area contributed by atoms with Gasteiger partial charge in [0.25, 0.3) is 0 Å². The second-order valence-corrected chi connectivity index (χ2v) is 13.7. The summed E-state index contributed by atoms with van der Waals surface area (Å²) in [6.07, 6.45) is 3.46. The Labute approximate surface area is 122 Å². The standard InChI is InChI=1S/C14H13O2.ClH.Hg/c15-13-12-10-7-4-8-11(12)14(10,16-13)9-5-2-1-3-6-9;;/h1-3,5-6,10-11H,4,7-8H2;1H;/q;;+1/p-1. The van der Waals surface area contributed by atoms with E-state index in [1.165, 1.54) is 12.0 Å². The minimum absolute atomic E-state index is 0.0396. The summed E-state index contributed by atoms with van der Waals surface area (Å²) in [5.41, 5.74) is 0.894. The predicted molar refractivity (Wildman–Crippen MR) is 63.6 cm³/mol. The van der Waals surface area contributed by atoms with Gasteiger partial charge < -0.3 is 0 Å². The van der Waals surface area contributed by atoms with Gasteiger partial charge in [-0.05, 0) is 0 Å². The number of ether oxygens (including phenoxy) is 1. The molecule has 90 valence electrons. The zero-order chi connectivity index (χ0) is 12.4. The van der Waals surface area contributed by atoms with Crippen molar-refractivity contribution in [3.63, 3.8) is 0 Å². The van der Waals surface area contributed by atoms with Gasteiger partial charge in [-0.15, -0.1) is 0 Å². The molecule has 2 atom stereocenters. The summed E-state index contributed by atoms with van der Waals surface area (Å²) in [4.78, 5) is 12.3. The first-order valence-corrected chi connectivity index (χ1v) is 16.1. The van der Waals surface area contributed by atoms with E-state index in [1.54, 1.807) is 0 Å². The van der Waals surface area contributed by atoms with E-state index in [4.69, 9.17) is 13.0 Å². The first-order chi connectivity index (χ1) is 8.76. The number of carbonyl (C=O) groups excluding carboxylic acids is 1. The van der Waals surface area contributed by atoms with Gasteiger partial charge >= 0.3 is 123 Å². The summed E-state index contributed by atoms with van der Waals surface area (Å²) in [5, 5.41) is 0. The third kappa shape index (κ3) is 1.06. The Morgan fingerprint density at radius 2 is 1.89 bits per heavy atom. The number of rotatable bonds is 2. The molecule has 0 aromatic heterocycles. The van der Waals surface area contributed by atoms with Crippen molar-refractivity contribution in [3.8, 4) is 0 Å². The Morgan fingerprint density at radius 3 is 2.50 bits per heavy atom. The van der Waals surface area contributed by atoms with Crippen LogP contribution in [0, 0.1) is 11.8 Å². The van der Waals surface area contributed by atoms with Crippen LogP contribution in [0.4, 0.5) is 0 Å². The first-order valence-electron chi connectivity index (χ1n) is 6.62. The van der Waals surface area contributed by atoms with E-state index in [9.17, 15) is 4.79 Å². The van der Waals surface area contributed by atoms with Crippen molar-refractivity contribution in [1.29, 1.82) is 0 Å². The Kier molecular flexibility index (Phi) is 2.42. The normalized spacial score (nSPS) is 43.9. The van der Waals surface area contributed by atoms with Crippen molar-refractivity contribution < 1.29 is 32.9 Å². The fourth-order valence-electron chi connectivity index (χ4n) is 4.70. The third-order valence-corrected chi connectivity index (χ3v) is 15.9. The van der Waals surface area contributed by atoms with Crippen LogP contribution in [0.3, 0.4) is 0 Å². The van der Waals surface area contributed by atoms with E-state index < -0.39 is 23.3 Å². The van der Waals surface area contributed by atoms with Gasteiger partial charge in [0.05, 0.1) is 0 Å². The SMILES string of the molecule is O=C1OC2(c3ccccc3)C3CCCC2[C]13[Hg][Cl]. The van der Waals surface area contributed by atoms with Crippen LogP contribution < -0.4 is 0 Å². The van der Waals surface area contributed by atoms with Crippen molar-refractivity contribution in [3.05, 3.63) is 35.9 Å². The van der Waals surface area contributed by atoms with Crippen LogP contribution in [0.25, 0.3) is 0 Å². The van der Waals surface area contributed by atoms with E-state index in [-0.39, 0.29) is 14.5 Å². The Bertz CT molecular complexity index is 504. The Balaban J connectivity index is 1.88. The van der Waals surface area contributed by atoms with Crippen LogP contribution in [0.2, 0.25) is 2.92 Å². The van der Waals surface area contributed by atoms with Crippen LogP contribution in [-0.4, -0.2) is 5.97 Å². The monoisotopic (exact) mass is 450 g/mol. The average Bonchev–Trinajstić information content (AvgIpc) is 2.87. The summed E-state index contributed by atoms with van der Waals surface area (Å²) in [7, 11) is 6.35. The van der Waals surface area contributed by atoms with Crippen molar-refractivity contribution in [2.45, 2.75) is 27.8 Å². The average molecular weight is 449 g/mol. The van der Waals surface area contributed by atoms with E-state index in [1.807, 2.05) is 18.2 Å². The maximum atomic E-state index is 12.3. The van der Waals surface area contributed by atoms with E-state index in [0.29, 0.717) is 11.8 Å². The molecule has 5 rings (SSSR count). The quantitative estimate of drug-likeness (QED) is 0.512. The second kappa shape index (κ2) is 3.72. The van der Waals surface area contributed by atoms with Crippen molar-refractivity contribution in [1.82, 2.24) is 0 Å². The molecular weight excluding hydrogens is 436 g/mol. The molecular formula is C14H13ClHgO2. The third-order valence-electron chi connectivity index (χ3n) is 5.35. The molecule has 1 aromatic rings. The number of esters is 1. The molecule has 0 amide bonds. The molecule has 2 heterocycles. The fraction of sp³-hybridized carbons (Fsp3) is 0.500. The summed E-state index contributed by atoms with van der Waals surface area (Å²) in [6.45, 7) is 0. The molecule has 2 unspecified atom stereocenters. The molecule has 4 bridgehead atoms. The molecule has 2 saturated carbocycles. The van der Waals surface area contributed by atoms with E-state index >= 15 is 0 Å². The van der Waals surface area contributed by atoms with Crippen molar-refractivity contribution in [2.75, 3.05) is 0 Å². The van der Waals surface area contributed by atoms with Crippen LogP contribution >= 0.6 is 8.25 Å². The van der Waals surface area contributed by atoms with Gasteiger partial charge in [-0.3, -0.25) is 0 Å². The van der Waals surface area contributed by atoms with Crippen LogP contribution in [0.1, 0.15) is 24.8 Å². The zero-order valence-electron chi connectivity index (χ0n) is 10.1. The maximum absolute atomic E-state index is 12.3. The summed E-state index contributed by atoms with van der Waals surface area (Å²) < 4.78 is 5.75. The van der Waals surface area contributed by atoms with Gasteiger partial charge in [0.15, 0.2) is 0 Å². The van der Waals surface area contributed by atoms with Crippen LogP contribution in [-0.2, 0) is 38.5 Å². The molecule has 4 heteroatoms. The summed E-state index contributed by atoms with van der Waals surface area (Å²) in [6, 6.07) is 10.3. The van der Waals surface area contributed by atoms with Crippen molar-refractivity contribution >= 4 is 14.2 Å². The van der Waals surface area contributed by atoms with Gasteiger partial charge in [0, 0.05) is 0 Å². The van der Waals surface area contributed by atoms with Gasteiger partial charge in [-0.2, -0.15) is 0 Å². The number of benzene rings is 1. The molecule has 2 saturated heterocycles. The predicted octanol–water partition coefficient (Wildman–Crippen LogP) is 3.26. The second-order valence-electron chi connectivity index (χ2n) is 5.76. The molecule has 4 fully saturated rings. The Morgan fingerprint density at radius 1 is 1.22 bits per heavy atom. The van der Waals surface area contributed by atoms with Gasteiger partial charge in [0.1, 0.15) is 0 Å². The fourth-order valence-corrected chi connectivity index (χ4v) is 15.0. The molecule has 2 aliphatic carbocycles. The van der Waals surface area contributed by atoms with Crippen LogP contribution in [0.15, 0.2) is 30.3 Å². The molecule has 2 aliphatic heterocycles. The Hall–Kier alpha value is -0.0849. The van der Waals surface area contributed by atoms with Gasteiger partial charge in [-0.25, -0.2) is 0 Å². The molecule has 1 aromatic carbocycles. The topological polar surface area (TPSA) is 26.3 Å². The molecule has 0 N–H and O–H groups in total. The number of fused-ring (bicyclic) bond motifs is 1. The van der Waals surface area contributed by atoms with E-state index in [2.05, 4.69) is 12.1 Å². The number of carbonyl (C=O) groups is 1.